The average Bonchev–Trinajstić information content (AvgIpc) is 3.58. The first-order chi connectivity index (χ1) is 16.9. The maximum absolute atomic E-state index is 13.4. The first kappa shape index (κ1) is 23.2. The molecule has 1 aliphatic rings. The Bertz CT molecular complexity index is 1300. The van der Waals surface area contributed by atoms with Crippen LogP contribution in [-0.4, -0.2) is 65.2 Å². The Balaban J connectivity index is 1.30. The molecule has 0 spiro atoms. The number of carbonyl (C=O) groups excluding carboxylic acids is 1. The molecule has 8 nitrogen and oxygen atoms in total. The van der Waals surface area contributed by atoms with E-state index in [0.717, 1.165) is 24.7 Å². The number of piperazine rings is 1. The van der Waals surface area contributed by atoms with E-state index in [1.54, 1.807) is 6.20 Å². The molecule has 1 fully saturated rings. The lowest BCUT2D eigenvalue weighted by atomic mass is 10.1. The molecule has 1 N–H and O–H groups in total. The summed E-state index contributed by atoms with van der Waals surface area (Å²) in [4.78, 5) is 24.9. The van der Waals surface area contributed by atoms with E-state index in [0.29, 0.717) is 48.5 Å². The molecule has 1 amide bonds. The second kappa shape index (κ2) is 9.62. The molecule has 0 unspecified atom stereocenters. The second-order valence-electron chi connectivity index (χ2n) is 8.06. The van der Waals surface area contributed by atoms with Crippen molar-refractivity contribution < 1.29 is 22.5 Å². The number of anilines is 1. The van der Waals surface area contributed by atoms with Crippen molar-refractivity contribution in [3.8, 4) is 11.1 Å². The number of hydrogen-bond acceptors (Lipinski definition) is 8. The number of amides is 1. The molecule has 0 atom stereocenters. The maximum atomic E-state index is 13.4. The van der Waals surface area contributed by atoms with Crippen molar-refractivity contribution in [2.75, 3.05) is 44.2 Å². The highest BCUT2D eigenvalue weighted by molar-refractivity contribution is 7.08. The van der Waals surface area contributed by atoms with Gasteiger partial charge in [0.05, 0.1) is 11.7 Å². The molecule has 5 rings (SSSR count). The second-order valence-corrected chi connectivity index (χ2v) is 8.84. The van der Waals surface area contributed by atoms with Crippen LogP contribution >= 0.6 is 11.3 Å². The van der Waals surface area contributed by atoms with Gasteiger partial charge in [-0.25, -0.2) is 9.97 Å². The molecule has 1 aliphatic heterocycles. The van der Waals surface area contributed by atoms with Crippen LogP contribution in [0.5, 0.6) is 0 Å². The monoisotopic (exact) mass is 502 g/mol. The lowest BCUT2D eigenvalue weighted by molar-refractivity contribution is -0.140. The summed E-state index contributed by atoms with van der Waals surface area (Å²) in [6, 6.07) is 5.83. The van der Waals surface area contributed by atoms with E-state index in [1.165, 1.54) is 29.7 Å². The summed E-state index contributed by atoms with van der Waals surface area (Å²) in [5.74, 6) is 0.479. The number of rotatable bonds is 6. The van der Waals surface area contributed by atoms with Gasteiger partial charge in [0.25, 0.3) is 5.91 Å². The third-order valence-corrected chi connectivity index (χ3v) is 6.56. The minimum absolute atomic E-state index is 0.168. The third-order valence-electron chi connectivity index (χ3n) is 5.88. The zero-order valence-electron chi connectivity index (χ0n) is 18.5. The summed E-state index contributed by atoms with van der Waals surface area (Å²) in [6.07, 6.45) is -1.51. The summed E-state index contributed by atoms with van der Waals surface area (Å²) < 4.78 is 45.0. The fourth-order valence-corrected chi connectivity index (χ4v) is 4.73. The van der Waals surface area contributed by atoms with Gasteiger partial charge in [-0.15, -0.1) is 0 Å². The number of alkyl halides is 3. The number of hydrogen-bond donors (Lipinski definition) is 1. The lowest BCUT2D eigenvalue weighted by Crippen LogP contribution is -2.48. The van der Waals surface area contributed by atoms with E-state index in [2.05, 4.69) is 30.2 Å². The van der Waals surface area contributed by atoms with E-state index in [9.17, 15) is 18.0 Å². The van der Waals surface area contributed by atoms with Gasteiger partial charge in [-0.3, -0.25) is 9.69 Å². The van der Waals surface area contributed by atoms with Crippen LogP contribution in [-0.2, 0) is 6.18 Å². The standard InChI is InChI=1S/C23H21F3N6O2S/c24-23(25,26)19-2-1-16-20(30-19)17(15-4-12-35-14-15)13-28-21(16)32-10-8-31(9-11-32)7-6-27-22(33)18-3-5-29-34-18/h1-5,12-14H,6-11H2,(H,27,33). The largest absolute Gasteiger partial charge is 0.433 e. The van der Waals surface area contributed by atoms with Crippen LogP contribution < -0.4 is 10.2 Å². The summed E-state index contributed by atoms with van der Waals surface area (Å²) in [5.41, 5.74) is 0.747. The molecule has 0 bridgehead atoms. The van der Waals surface area contributed by atoms with Crippen molar-refractivity contribution in [2.45, 2.75) is 6.18 Å². The molecular weight excluding hydrogens is 481 g/mol. The Hall–Kier alpha value is -3.51. The highest BCUT2D eigenvalue weighted by Gasteiger charge is 2.33. The van der Waals surface area contributed by atoms with Crippen molar-refractivity contribution >= 4 is 34.0 Å². The quantitative estimate of drug-likeness (QED) is 0.428. The summed E-state index contributed by atoms with van der Waals surface area (Å²) >= 11 is 1.46. The van der Waals surface area contributed by atoms with Crippen molar-refractivity contribution in [1.82, 2.24) is 25.3 Å². The number of fused-ring (bicyclic) bond motifs is 1. The average molecular weight is 503 g/mol. The Morgan fingerprint density at radius 1 is 1.14 bits per heavy atom. The van der Waals surface area contributed by atoms with Gasteiger partial charge in [0, 0.05) is 62.5 Å². The first-order valence-electron chi connectivity index (χ1n) is 11.0. The van der Waals surface area contributed by atoms with Crippen LogP contribution in [0.4, 0.5) is 19.0 Å². The van der Waals surface area contributed by atoms with Gasteiger partial charge >= 0.3 is 6.18 Å². The van der Waals surface area contributed by atoms with E-state index >= 15 is 0 Å². The fourth-order valence-electron chi connectivity index (χ4n) is 4.07. The van der Waals surface area contributed by atoms with Gasteiger partial charge in [0.2, 0.25) is 5.76 Å². The predicted molar refractivity (Wildman–Crippen MR) is 125 cm³/mol. The van der Waals surface area contributed by atoms with Crippen LogP contribution in [0, 0.1) is 0 Å². The molecule has 5 heterocycles. The predicted octanol–water partition coefficient (Wildman–Crippen LogP) is 3.92. The smallest absolute Gasteiger partial charge is 0.353 e. The van der Waals surface area contributed by atoms with Crippen LogP contribution in [0.15, 0.2) is 51.9 Å². The molecule has 4 aromatic heterocycles. The molecule has 1 saturated heterocycles. The number of thiophene rings is 1. The molecule has 182 valence electrons. The van der Waals surface area contributed by atoms with Gasteiger partial charge in [0.1, 0.15) is 11.5 Å². The van der Waals surface area contributed by atoms with Crippen molar-refractivity contribution in [3.63, 3.8) is 0 Å². The highest BCUT2D eigenvalue weighted by Crippen LogP contribution is 2.36. The number of pyridine rings is 2. The molecular formula is C23H21F3N6O2S. The molecule has 4 aromatic rings. The molecule has 35 heavy (non-hydrogen) atoms. The van der Waals surface area contributed by atoms with Crippen molar-refractivity contribution in [1.29, 1.82) is 0 Å². The normalized spacial score (nSPS) is 15.0. The lowest BCUT2D eigenvalue weighted by Gasteiger charge is -2.36. The summed E-state index contributed by atoms with van der Waals surface area (Å²) in [5, 5.41) is 10.7. The highest BCUT2D eigenvalue weighted by atomic mass is 32.1. The van der Waals surface area contributed by atoms with Crippen LogP contribution in [0.3, 0.4) is 0 Å². The summed E-state index contributed by atoms with van der Waals surface area (Å²) in [6.45, 7) is 3.87. The van der Waals surface area contributed by atoms with Gasteiger partial charge in [0.15, 0.2) is 0 Å². The van der Waals surface area contributed by atoms with Crippen LogP contribution in [0.1, 0.15) is 16.2 Å². The van der Waals surface area contributed by atoms with Gasteiger partial charge in [-0.05, 0) is 34.5 Å². The van der Waals surface area contributed by atoms with Gasteiger partial charge < -0.3 is 14.7 Å². The Morgan fingerprint density at radius 3 is 2.66 bits per heavy atom. The fraction of sp³-hybridized carbons (Fsp3) is 0.304. The number of carbonyl (C=O) groups is 1. The van der Waals surface area contributed by atoms with E-state index in [1.807, 2.05) is 16.8 Å². The Labute approximate surface area is 202 Å². The SMILES string of the molecule is O=C(NCCN1CCN(c2ncc(-c3ccsc3)c3nc(C(F)(F)F)ccc23)CC1)c1ccno1. The molecule has 0 aliphatic carbocycles. The van der Waals surface area contributed by atoms with Gasteiger partial charge in [-0.2, -0.15) is 24.5 Å². The summed E-state index contributed by atoms with van der Waals surface area (Å²) in [7, 11) is 0. The maximum Gasteiger partial charge on any atom is 0.433 e. The topological polar surface area (TPSA) is 87.4 Å². The van der Waals surface area contributed by atoms with Crippen LogP contribution in [0.25, 0.3) is 22.0 Å². The van der Waals surface area contributed by atoms with Crippen molar-refractivity contribution in [2.24, 2.45) is 0 Å². The Kier molecular flexibility index (Phi) is 6.39. The zero-order chi connectivity index (χ0) is 24.4. The molecule has 0 aromatic carbocycles. The van der Waals surface area contributed by atoms with Crippen molar-refractivity contribution in [3.05, 3.63) is 58.9 Å². The van der Waals surface area contributed by atoms with E-state index in [4.69, 9.17) is 4.52 Å². The Morgan fingerprint density at radius 2 is 1.97 bits per heavy atom. The molecule has 12 heteroatoms. The number of aromatic nitrogens is 3. The van der Waals surface area contributed by atoms with Crippen LogP contribution in [0.2, 0.25) is 0 Å². The first-order valence-corrected chi connectivity index (χ1v) is 11.9. The van der Waals surface area contributed by atoms with Gasteiger partial charge in [-0.1, -0.05) is 5.16 Å². The molecule has 0 saturated carbocycles. The number of halogens is 3. The number of nitrogens with zero attached hydrogens (tertiary/aromatic N) is 5. The van der Waals surface area contributed by atoms with E-state index < -0.39 is 11.9 Å². The van der Waals surface area contributed by atoms with E-state index in [-0.39, 0.29) is 11.7 Å². The minimum atomic E-state index is -4.53. The third kappa shape index (κ3) is 4.98. The zero-order valence-corrected chi connectivity index (χ0v) is 19.3. The minimum Gasteiger partial charge on any atom is -0.353 e. The number of nitrogens with one attached hydrogen (secondary N) is 1. The molecule has 0 radical (unpaired) electrons.